The van der Waals surface area contributed by atoms with E-state index in [0.717, 1.165) is 47.1 Å². The Morgan fingerprint density at radius 3 is 2.61 bits per heavy atom. The van der Waals surface area contributed by atoms with Crippen LogP contribution >= 0.6 is 22.9 Å². The second-order valence-electron chi connectivity index (χ2n) is 7.93. The van der Waals surface area contributed by atoms with Gasteiger partial charge in [-0.2, -0.15) is 0 Å². The molecule has 2 aliphatic heterocycles. The second-order valence-corrected chi connectivity index (χ2v) is 9.66. The average Bonchev–Trinajstić information content (AvgIpc) is 3.32. The predicted molar refractivity (Wildman–Crippen MR) is 116 cm³/mol. The van der Waals surface area contributed by atoms with Crippen LogP contribution in [-0.2, 0) is 11.2 Å². The standard InChI is InChI=1S/C22H28ClN3OS/c1-16-24-22(17-7-9-18(23)10-8-17)20(28-16)14-21(27)26-13-3-2-6-19(26)15-25-11-4-5-12-25/h7-10,19H,2-6,11-15H2,1H3. The molecule has 2 saturated heterocycles. The van der Waals surface area contributed by atoms with Gasteiger partial charge in [0.25, 0.3) is 0 Å². The first-order chi connectivity index (χ1) is 13.6. The van der Waals surface area contributed by atoms with Gasteiger partial charge >= 0.3 is 0 Å². The summed E-state index contributed by atoms with van der Waals surface area (Å²) in [5.41, 5.74) is 1.96. The van der Waals surface area contributed by atoms with E-state index in [0.29, 0.717) is 17.5 Å². The van der Waals surface area contributed by atoms with Crippen LogP contribution in [0.2, 0.25) is 5.02 Å². The lowest BCUT2D eigenvalue weighted by atomic mass is 10.0. The third kappa shape index (κ3) is 4.58. The van der Waals surface area contributed by atoms with Crippen molar-refractivity contribution in [1.82, 2.24) is 14.8 Å². The van der Waals surface area contributed by atoms with Crippen molar-refractivity contribution in [1.29, 1.82) is 0 Å². The highest BCUT2D eigenvalue weighted by molar-refractivity contribution is 7.12. The fourth-order valence-electron chi connectivity index (χ4n) is 4.44. The van der Waals surface area contributed by atoms with Crippen molar-refractivity contribution in [3.05, 3.63) is 39.2 Å². The Morgan fingerprint density at radius 1 is 1.14 bits per heavy atom. The van der Waals surface area contributed by atoms with Gasteiger partial charge < -0.3 is 9.80 Å². The molecule has 3 heterocycles. The molecule has 1 unspecified atom stereocenters. The number of aryl methyl sites for hydroxylation is 1. The quantitative estimate of drug-likeness (QED) is 0.701. The minimum Gasteiger partial charge on any atom is -0.338 e. The van der Waals surface area contributed by atoms with Crippen LogP contribution in [0.1, 0.15) is 42.0 Å². The van der Waals surface area contributed by atoms with Crippen molar-refractivity contribution in [3.8, 4) is 11.3 Å². The maximum Gasteiger partial charge on any atom is 0.228 e. The summed E-state index contributed by atoms with van der Waals surface area (Å²) in [5.74, 6) is 0.253. The topological polar surface area (TPSA) is 36.4 Å². The molecule has 0 bridgehead atoms. The molecule has 4 rings (SSSR count). The van der Waals surface area contributed by atoms with Gasteiger partial charge in [-0.1, -0.05) is 23.7 Å². The van der Waals surface area contributed by atoms with Gasteiger partial charge in [0.15, 0.2) is 0 Å². The number of carbonyl (C=O) groups excluding carboxylic acids is 1. The molecule has 6 heteroatoms. The fraction of sp³-hybridized carbons (Fsp3) is 0.545. The molecule has 0 saturated carbocycles. The number of halogens is 1. The SMILES string of the molecule is Cc1nc(-c2ccc(Cl)cc2)c(CC(=O)N2CCCCC2CN2CCCC2)s1. The summed E-state index contributed by atoms with van der Waals surface area (Å²) < 4.78 is 0. The van der Waals surface area contributed by atoms with Gasteiger partial charge in [0.05, 0.1) is 17.1 Å². The lowest BCUT2D eigenvalue weighted by Crippen LogP contribution is -2.49. The van der Waals surface area contributed by atoms with Crippen molar-refractivity contribution >= 4 is 28.8 Å². The van der Waals surface area contributed by atoms with E-state index in [1.165, 1.54) is 32.4 Å². The van der Waals surface area contributed by atoms with Crippen LogP contribution in [0.15, 0.2) is 24.3 Å². The molecular weight excluding hydrogens is 390 g/mol. The number of benzene rings is 1. The van der Waals surface area contributed by atoms with Crippen molar-refractivity contribution in [3.63, 3.8) is 0 Å². The van der Waals surface area contributed by atoms with Crippen molar-refractivity contribution < 1.29 is 4.79 Å². The smallest absolute Gasteiger partial charge is 0.228 e. The molecule has 28 heavy (non-hydrogen) atoms. The summed E-state index contributed by atoms with van der Waals surface area (Å²) in [7, 11) is 0. The number of likely N-dealkylation sites (tertiary alicyclic amines) is 2. The minimum atomic E-state index is 0.253. The fourth-order valence-corrected chi connectivity index (χ4v) is 5.52. The van der Waals surface area contributed by atoms with Crippen LogP contribution in [0.5, 0.6) is 0 Å². The normalized spacial score (nSPS) is 20.6. The van der Waals surface area contributed by atoms with Crippen LogP contribution < -0.4 is 0 Å². The van der Waals surface area contributed by atoms with Crippen LogP contribution in [0.4, 0.5) is 0 Å². The summed E-state index contributed by atoms with van der Waals surface area (Å²) in [6.07, 6.45) is 6.52. The molecule has 2 aliphatic rings. The molecule has 1 amide bonds. The molecule has 1 aromatic carbocycles. The van der Waals surface area contributed by atoms with Gasteiger partial charge in [0.2, 0.25) is 5.91 Å². The largest absolute Gasteiger partial charge is 0.338 e. The molecular formula is C22H28ClN3OS. The Kier molecular flexibility index (Phi) is 6.34. The number of amides is 1. The molecule has 0 spiro atoms. The predicted octanol–water partition coefficient (Wildman–Crippen LogP) is 4.79. The highest BCUT2D eigenvalue weighted by atomic mass is 35.5. The molecule has 4 nitrogen and oxygen atoms in total. The van der Waals surface area contributed by atoms with E-state index >= 15 is 0 Å². The first-order valence-corrected chi connectivity index (χ1v) is 11.5. The van der Waals surface area contributed by atoms with E-state index in [-0.39, 0.29) is 5.91 Å². The highest BCUT2D eigenvalue weighted by Crippen LogP contribution is 2.30. The summed E-state index contributed by atoms with van der Waals surface area (Å²) in [6, 6.07) is 8.11. The van der Waals surface area contributed by atoms with Gasteiger partial charge in [-0.3, -0.25) is 4.79 Å². The Hall–Kier alpha value is -1.43. The molecule has 2 aromatic rings. The number of thiazole rings is 1. The monoisotopic (exact) mass is 417 g/mol. The van der Waals surface area contributed by atoms with Gasteiger partial charge in [-0.25, -0.2) is 4.98 Å². The summed E-state index contributed by atoms with van der Waals surface area (Å²) in [5, 5.41) is 1.71. The van der Waals surface area contributed by atoms with E-state index in [4.69, 9.17) is 16.6 Å². The first-order valence-electron chi connectivity index (χ1n) is 10.3. The van der Waals surface area contributed by atoms with Crippen molar-refractivity contribution in [2.45, 2.75) is 51.5 Å². The third-order valence-electron chi connectivity index (χ3n) is 5.85. The molecule has 0 N–H and O–H groups in total. The zero-order valence-electron chi connectivity index (χ0n) is 16.5. The third-order valence-corrected chi connectivity index (χ3v) is 7.07. The number of aromatic nitrogens is 1. The van der Waals surface area contributed by atoms with Gasteiger partial charge in [-0.15, -0.1) is 11.3 Å². The number of piperidine rings is 1. The van der Waals surface area contributed by atoms with E-state index in [1.807, 2.05) is 31.2 Å². The van der Waals surface area contributed by atoms with Crippen molar-refractivity contribution in [2.24, 2.45) is 0 Å². The van der Waals surface area contributed by atoms with Gasteiger partial charge in [-0.05, 0) is 64.3 Å². The first kappa shape index (κ1) is 19.9. The molecule has 2 fully saturated rings. The Balaban J connectivity index is 1.50. The molecule has 1 atom stereocenters. The van der Waals surface area contributed by atoms with E-state index in [1.54, 1.807) is 11.3 Å². The number of carbonyl (C=O) groups is 1. The Labute approximate surface area is 176 Å². The zero-order valence-corrected chi connectivity index (χ0v) is 18.1. The number of rotatable bonds is 5. The lowest BCUT2D eigenvalue weighted by Gasteiger charge is -2.38. The maximum atomic E-state index is 13.3. The molecule has 150 valence electrons. The van der Waals surface area contributed by atoms with E-state index in [2.05, 4.69) is 9.80 Å². The number of hydrogen-bond donors (Lipinski definition) is 0. The van der Waals surface area contributed by atoms with Crippen molar-refractivity contribution in [2.75, 3.05) is 26.2 Å². The van der Waals surface area contributed by atoms with Gasteiger partial charge in [0, 0.05) is 34.6 Å². The lowest BCUT2D eigenvalue weighted by molar-refractivity contribution is -0.134. The van der Waals surface area contributed by atoms with E-state index in [9.17, 15) is 4.79 Å². The maximum absolute atomic E-state index is 13.3. The zero-order chi connectivity index (χ0) is 19.5. The summed E-state index contributed by atoms with van der Waals surface area (Å²) in [4.78, 5) is 23.7. The van der Waals surface area contributed by atoms with Crippen LogP contribution in [0.25, 0.3) is 11.3 Å². The second kappa shape index (κ2) is 8.93. The number of nitrogens with zero attached hydrogens (tertiary/aromatic N) is 3. The summed E-state index contributed by atoms with van der Waals surface area (Å²) >= 11 is 7.67. The highest BCUT2D eigenvalue weighted by Gasteiger charge is 2.30. The minimum absolute atomic E-state index is 0.253. The average molecular weight is 418 g/mol. The number of hydrogen-bond acceptors (Lipinski definition) is 4. The van der Waals surface area contributed by atoms with Crippen LogP contribution in [-0.4, -0.2) is 52.9 Å². The Morgan fingerprint density at radius 2 is 1.86 bits per heavy atom. The van der Waals surface area contributed by atoms with E-state index < -0.39 is 0 Å². The molecule has 0 aliphatic carbocycles. The van der Waals surface area contributed by atoms with Gasteiger partial charge in [0.1, 0.15) is 0 Å². The van der Waals surface area contributed by atoms with Crippen LogP contribution in [0, 0.1) is 6.92 Å². The van der Waals surface area contributed by atoms with Crippen LogP contribution in [0.3, 0.4) is 0 Å². The molecule has 0 radical (unpaired) electrons. The Bertz CT molecular complexity index is 814. The summed E-state index contributed by atoms with van der Waals surface area (Å²) in [6.45, 7) is 6.32. The molecule has 1 aromatic heterocycles.